The second kappa shape index (κ2) is 14.1. The van der Waals surface area contributed by atoms with Crippen molar-refractivity contribution < 1.29 is 40.6 Å². The second-order valence-corrected chi connectivity index (χ2v) is 12.6. The smallest absolute Gasteiger partial charge is 0.422 e. The SMILES string of the molecule is Cc1c(OCC(F)(F)F)ccnc1CSc1nc2ccc(Oc3ccc4nc(SCc5nccc(OCC(F)(F)F)c5C)[nH]c4c3)cc2[nH]1. The summed E-state index contributed by atoms with van der Waals surface area (Å²) >= 11 is 2.71. The Balaban J connectivity index is 1.08. The number of hydrogen-bond donors (Lipinski definition) is 2. The molecule has 0 unspecified atom stereocenters. The first-order valence-corrected chi connectivity index (χ1v) is 16.5. The van der Waals surface area contributed by atoms with E-state index in [1.54, 1.807) is 26.0 Å². The predicted octanol–water partition coefficient (Wildman–Crippen LogP) is 9.11. The van der Waals surface area contributed by atoms with Gasteiger partial charge >= 0.3 is 12.4 Å². The van der Waals surface area contributed by atoms with Crippen molar-refractivity contribution in [2.75, 3.05) is 13.2 Å². The zero-order valence-electron chi connectivity index (χ0n) is 25.7. The maximum Gasteiger partial charge on any atom is 0.422 e. The van der Waals surface area contributed by atoms with Gasteiger partial charge in [0, 0.05) is 47.2 Å². The number of rotatable bonds is 12. The summed E-state index contributed by atoms with van der Waals surface area (Å²) in [5.74, 6) is 2.10. The molecule has 0 aliphatic rings. The minimum absolute atomic E-state index is 0.132. The number of alkyl halides is 6. The topological polar surface area (TPSA) is 111 Å². The lowest BCUT2D eigenvalue weighted by atomic mass is 10.2. The van der Waals surface area contributed by atoms with Crippen molar-refractivity contribution in [3.05, 3.63) is 83.4 Å². The number of hydrogen-bond acceptors (Lipinski definition) is 9. The van der Waals surface area contributed by atoms with E-state index in [9.17, 15) is 26.3 Å². The Kier molecular flexibility index (Phi) is 9.83. The van der Waals surface area contributed by atoms with E-state index >= 15 is 0 Å². The predicted molar refractivity (Wildman–Crippen MR) is 172 cm³/mol. The van der Waals surface area contributed by atoms with Crippen LogP contribution in [-0.4, -0.2) is 55.5 Å². The molecule has 0 amide bonds. The van der Waals surface area contributed by atoms with Crippen molar-refractivity contribution in [2.24, 2.45) is 0 Å². The summed E-state index contributed by atoms with van der Waals surface area (Å²) in [7, 11) is 0. The third-order valence-electron chi connectivity index (χ3n) is 7.09. The third-order valence-corrected chi connectivity index (χ3v) is 8.86. The summed E-state index contributed by atoms with van der Waals surface area (Å²) in [5, 5.41) is 1.20. The number of halogens is 6. The average molecular weight is 721 g/mol. The van der Waals surface area contributed by atoms with Crippen molar-refractivity contribution in [3.8, 4) is 23.0 Å². The molecule has 256 valence electrons. The van der Waals surface area contributed by atoms with Gasteiger partial charge in [0.2, 0.25) is 0 Å². The summed E-state index contributed by atoms with van der Waals surface area (Å²) in [5.41, 5.74) is 5.09. The van der Waals surface area contributed by atoms with E-state index in [4.69, 9.17) is 14.2 Å². The molecular weight excluding hydrogens is 695 g/mol. The number of H-pyrrole nitrogens is 2. The Morgan fingerprint density at radius 3 is 1.47 bits per heavy atom. The van der Waals surface area contributed by atoms with Crippen molar-refractivity contribution in [2.45, 2.75) is 48.0 Å². The van der Waals surface area contributed by atoms with Gasteiger partial charge in [-0.25, -0.2) is 9.97 Å². The molecule has 9 nitrogen and oxygen atoms in total. The molecule has 0 saturated heterocycles. The minimum atomic E-state index is -4.44. The van der Waals surface area contributed by atoms with Gasteiger partial charge < -0.3 is 24.2 Å². The fourth-order valence-corrected chi connectivity index (χ4v) is 6.46. The van der Waals surface area contributed by atoms with Gasteiger partial charge in [0.25, 0.3) is 0 Å². The largest absolute Gasteiger partial charge is 0.484 e. The van der Waals surface area contributed by atoms with Crippen LogP contribution in [-0.2, 0) is 11.5 Å². The van der Waals surface area contributed by atoms with Gasteiger partial charge in [0.1, 0.15) is 23.0 Å². The van der Waals surface area contributed by atoms with Crippen molar-refractivity contribution in [3.63, 3.8) is 0 Å². The highest BCUT2D eigenvalue weighted by Gasteiger charge is 2.29. The standard InChI is InChI=1S/C32H26F6N6O3S2/c1-17-25(39-9-7-27(17)45-15-31(33,34)35)13-48-29-41-21-5-3-19(11-23(21)43-29)47-20-4-6-22-24(12-20)44-30(42-22)49-14-26-18(2)28(8-10-40-26)46-16-32(36,37)38/h3-12H,13-16H2,1-2H3,(H,41,43)(H,42,44). The zero-order valence-corrected chi connectivity index (χ0v) is 27.3. The van der Waals surface area contributed by atoms with E-state index in [0.29, 0.717) is 66.9 Å². The summed E-state index contributed by atoms with van der Waals surface area (Å²) in [6.45, 7) is 0.580. The first-order valence-electron chi connectivity index (χ1n) is 14.5. The fourth-order valence-electron chi connectivity index (χ4n) is 4.64. The Labute approximate surface area is 283 Å². The molecule has 49 heavy (non-hydrogen) atoms. The van der Waals surface area contributed by atoms with E-state index in [2.05, 4.69) is 29.9 Å². The molecule has 6 aromatic rings. The number of thioether (sulfide) groups is 2. The quantitative estimate of drug-likeness (QED) is 0.0945. The fraction of sp³-hybridized carbons (Fsp3) is 0.250. The maximum absolute atomic E-state index is 12.6. The number of fused-ring (bicyclic) bond motifs is 2. The first-order chi connectivity index (χ1) is 23.3. The molecule has 2 N–H and O–H groups in total. The van der Waals surface area contributed by atoms with Gasteiger partial charge in [0.15, 0.2) is 23.5 Å². The van der Waals surface area contributed by atoms with E-state index in [1.807, 2.05) is 24.3 Å². The number of pyridine rings is 2. The lowest BCUT2D eigenvalue weighted by Crippen LogP contribution is -2.19. The van der Waals surface area contributed by atoms with Gasteiger partial charge in [-0.05, 0) is 50.2 Å². The monoisotopic (exact) mass is 720 g/mol. The molecule has 17 heteroatoms. The number of aromatic nitrogens is 6. The number of aromatic amines is 2. The highest BCUT2D eigenvalue weighted by molar-refractivity contribution is 7.98. The number of ether oxygens (including phenoxy) is 3. The number of imidazole rings is 2. The Hall–Kier alpha value is -4.64. The van der Waals surface area contributed by atoms with Gasteiger partial charge in [-0.15, -0.1) is 0 Å². The van der Waals surface area contributed by atoms with E-state index in [0.717, 1.165) is 11.0 Å². The molecule has 0 aliphatic heterocycles. The number of nitrogens with one attached hydrogen (secondary N) is 2. The van der Waals surface area contributed by atoms with Gasteiger partial charge in [-0.3, -0.25) is 9.97 Å². The summed E-state index contributed by atoms with van der Waals surface area (Å²) in [4.78, 5) is 24.2. The highest BCUT2D eigenvalue weighted by Crippen LogP contribution is 2.33. The average Bonchev–Trinajstić information content (AvgIpc) is 3.64. The van der Waals surface area contributed by atoms with Gasteiger partial charge in [-0.1, -0.05) is 23.5 Å². The van der Waals surface area contributed by atoms with E-state index in [-0.39, 0.29) is 11.5 Å². The van der Waals surface area contributed by atoms with Gasteiger partial charge in [-0.2, -0.15) is 26.3 Å². The lowest BCUT2D eigenvalue weighted by molar-refractivity contribution is -0.154. The van der Waals surface area contributed by atoms with Crippen LogP contribution >= 0.6 is 23.5 Å². The van der Waals surface area contributed by atoms with Crippen molar-refractivity contribution in [1.82, 2.24) is 29.9 Å². The van der Waals surface area contributed by atoms with Crippen LogP contribution < -0.4 is 14.2 Å². The minimum Gasteiger partial charge on any atom is -0.484 e. The van der Waals surface area contributed by atoms with Crippen LogP contribution in [0.15, 0.2) is 71.2 Å². The van der Waals surface area contributed by atoms with Crippen LogP contribution in [0.25, 0.3) is 22.1 Å². The molecule has 4 heterocycles. The zero-order chi connectivity index (χ0) is 34.8. The van der Waals surface area contributed by atoms with Crippen LogP contribution in [0.1, 0.15) is 22.5 Å². The van der Waals surface area contributed by atoms with Crippen LogP contribution in [0.2, 0.25) is 0 Å². The molecular formula is C32H26F6N6O3S2. The Morgan fingerprint density at radius 1 is 0.633 bits per heavy atom. The molecule has 0 radical (unpaired) electrons. The maximum atomic E-state index is 12.6. The highest BCUT2D eigenvalue weighted by atomic mass is 32.2. The van der Waals surface area contributed by atoms with E-state index in [1.165, 1.54) is 48.1 Å². The van der Waals surface area contributed by atoms with E-state index < -0.39 is 25.6 Å². The molecule has 0 spiro atoms. The summed E-state index contributed by atoms with van der Waals surface area (Å²) in [6, 6.07) is 13.6. The normalized spacial score (nSPS) is 12.2. The third kappa shape index (κ3) is 8.89. The molecule has 0 saturated carbocycles. The Bertz CT molecular complexity index is 1950. The first kappa shape index (κ1) is 34.2. The lowest BCUT2D eigenvalue weighted by Gasteiger charge is -2.13. The van der Waals surface area contributed by atoms with Crippen LogP contribution in [0.4, 0.5) is 26.3 Å². The molecule has 6 rings (SSSR count). The summed E-state index contributed by atoms with van der Waals surface area (Å²) in [6.07, 6.45) is -6.04. The van der Waals surface area contributed by atoms with Crippen molar-refractivity contribution >= 4 is 45.6 Å². The van der Waals surface area contributed by atoms with Crippen LogP contribution in [0.5, 0.6) is 23.0 Å². The Morgan fingerprint density at radius 2 is 1.06 bits per heavy atom. The number of nitrogens with zero attached hydrogens (tertiary/aromatic N) is 4. The molecule has 0 aliphatic carbocycles. The van der Waals surface area contributed by atoms with Crippen LogP contribution in [0, 0.1) is 13.8 Å². The molecule has 4 aromatic heterocycles. The molecule has 0 atom stereocenters. The molecule has 2 aromatic carbocycles. The number of benzene rings is 2. The summed E-state index contributed by atoms with van der Waals surface area (Å²) < 4.78 is 91.5. The molecule has 0 bridgehead atoms. The van der Waals surface area contributed by atoms with Crippen molar-refractivity contribution in [1.29, 1.82) is 0 Å². The van der Waals surface area contributed by atoms with Gasteiger partial charge in [0.05, 0.1) is 33.5 Å². The molecule has 0 fully saturated rings. The second-order valence-electron chi connectivity index (χ2n) is 10.7. The van der Waals surface area contributed by atoms with Crippen LogP contribution in [0.3, 0.4) is 0 Å².